The summed E-state index contributed by atoms with van der Waals surface area (Å²) in [6.45, 7) is 0.528. The lowest BCUT2D eigenvalue weighted by atomic mass is 10.1. The molecule has 1 amide bonds. The second kappa shape index (κ2) is 8.15. The van der Waals surface area contributed by atoms with Gasteiger partial charge in [0.1, 0.15) is 5.75 Å². The number of sulfone groups is 1. The number of hydrogen-bond donors (Lipinski definition) is 0. The monoisotopic (exact) mass is 377 g/mol. The van der Waals surface area contributed by atoms with Gasteiger partial charge in [0.15, 0.2) is 9.84 Å². The van der Waals surface area contributed by atoms with Gasteiger partial charge in [0, 0.05) is 10.9 Å². The highest BCUT2D eigenvalue weighted by molar-refractivity contribution is 7.92. The Bertz CT molecular complexity index is 781. The third-order valence-electron chi connectivity index (χ3n) is 4.32. The predicted molar refractivity (Wildman–Crippen MR) is 101 cm³/mol. The third-order valence-corrected chi connectivity index (χ3v) is 6.78. The molecule has 0 unspecified atom stereocenters. The van der Waals surface area contributed by atoms with Gasteiger partial charge in [-0.15, -0.1) is 11.3 Å². The van der Waals surface area contributed by atoms with Crippen molar-refractivity contribution in [3.63, 3.8) is 0 Å². The predicted octanol–water partition coefficient (Wildman–Crippen LogP) is 3.29. The summed E-state index contributed by atoms with van der Waals surface area (Å²) in [6, 6.07) is 14.0. The molecular weight excluding hydrogens is 354 g/mol. The lowest BCUT2D eigenvalue weighted by Gasteiger charge is -2.21. The Morgan fingerprint density at radius 3 is 2.52 bits per heavy atom. The molecule has 1 aromatic heterocycles. The van der Waals surface area contributed by atoms with Crippen molar-refractivity contribution in [2.24, 2.45) is 0 Å². The molecule has 25 heavy (non-hydrogen) atoms. The van der Waals surface area contributed by atoms with Gasteiger partial charge in [0.2, 0.25) is 5.91 Å². The molecule has 6 heteroatoms. The van der Waals surface area contributed by atoms with Gasteiger partial charge < -0.3 is 4.90 Å². The van der Waals surface area contributed by atoms with E-state index in [2.05, 4.69) is 0 Å². The fourth-order valence-corrected chi connectivity index (χ4v) is 4.83. The number of benzene rings is 1. The third kappa shape index (κ3) is 5.68. The maximum Gasteiger partial charge on any atom is 0.238 e. The number of amides is 1. The summed E-state index contributed by atoms with van der Waals surface area (Å²) in [6.07, 6.45) is 3.22. The Kier molecular flexibility index (Phi) is 5.91. The zero-order valence-electron chi connectivity index (χ0n) is 14.1. The Morgan fingerprint density at radius 2 is 1.88 bits per heavy atom. The highest BCUT2D eigenvalue weighted by Crippen LogP contribution is 2.29. The number of rotatable bonds is 9. The fraction of sp³-hybridized carbons (Fsp3) is 0.421. The molecule has 1 heterocycles. The molecule has 1 aliphatic rings. The van der Waals surface area contributed by atoms with E-state index in [-0.39, 0.29) is 23.5 Å². The van der Waals surface area contributed by atoms with Crippen LogP contribution in [0.1, 0.15) is 29.7 Å². The Hall–Kier alpha value is -1.66. The van der Waals surface area contributed by atoms with Crippen molar-refractivity contribution in [3.8, 4) is 0 Å². The van der Waals surface area contributed by atoms with Crippen molar-refractivity contribution >= 4 is 27.1 Å². The topological polar surface area (TPSA) is 54.5 Å². The first kappa shape index (κ1) is 18.1. The second-order valence-corrected chi connectivity index (χ2v) is 9.73. The van der Waals surface area contributed by atoms with Gasteiger partial charge in [-0.05, 0) is 42.7 Å². The van der Waals surface area contributed by atoms with E-state index < -0.39 is 9.84 Å². The van der Waals surface area contributed by atoms with Crippen LogP contribution in [0.5, 0.6) is 0 Å². The van der Waals surface area contributed by atoms with E-state index in [4.69, 9.17) is 0 Å². The van der Waals surface area contributed by atoms with Gasteiger partial charge in [-0.2, -0.15) is 0 Å². The standard InChI is InChI=1S/C19H23NO3S2/c21-19(20(17-10-11-17)14-18-9-4-12-24-18)15-25(22,23)13-5-8-16-6-2-1-3-7-16/h1-4,6-7,9,12,17H,5,8,10-11,13-15H2. The lowest BCUT2D eigenvalue weighted by Crippen LogP contribution is -2.37. The van der Waals surface area contributed by atoms with Crippen molar-refractivity contribution in [2.45, 2.75) is 38.3 Å². The van der Waals surface area contributed by atoms with E-state index in [0.29, 0.717) is 13.0 Å². The number of aryl methyl sites for hydroxylation is 1. The Labute approximate surface area is 153 Å². The minimum absolute atomic E-state index is 0.0607. The van der Waals surface area contributed by atoms with Crippen LogP contribution in [0.2, 0.25) is 0 Å². The van der Waals surface area contributed by atoms with Crippen LogP contribution in [0, 0.1) is 0 Å². The fourth-order valence-electron chi connectivity index (χ4n) is 2.86. The van der Waals surface area contributed by atoms with E-state index >= 15 is 0 Å². The number of thiophene rings is 1. The lowest BCUT2D eigenvalue weighted by molar-refractivity contribution is -0.129. The van der Waals surface area contributed by atoms with Gasteiger partial charge in [0.05, 0.1) is 12.3 Å². The van der Waals surface area contributed by atoms with Gasteiger partial charge in [-0.1, -0.05) is 36.4 Å². The maximum atomic E-state index is 12.6. The van der Waals surface area contributed by atoms with Crippen molar-refractivity contribution in [2.75, 3.05) is 11.5 Å². The molecule has 0 N–H and O–H groups in total. The Morgan fingerprint density at radius 1 is 1.12 bits per heavy atom. The minimum atomic E-state index is -3.37. The van der Waals surface area contributed by atoms with E-state index in [1.807, 2.05) is 47.8 Å². The number of hydrogen-bond acceptors (Lipinski definition) is 4. The number of carbonyl (C=O) groups is 1. The number of carbonyl (C=O) groups excluding carboxylic acids is 1. The van der Waals surface area contributed by atoms with E-state index in [1.165, 1.54) is 0 Å². The first-order valence-corrected chi connectivity index (χ1v) is 11.3. The molecule has 3 rings (SSSR count). The van der Waals surface area contributed by atoms with Crippen LogP contribution in [0.15, 0.2) is 47.8 Å². The average molecular weight is 378 g/mol. The highest BCUT2D eigenvalue weighted by atomic mass is 32.2. The van der Waals surface area contributed by atoms with E-state index in [1.54, 1.807) is 16.2 Å². The van der Waals surface area contributed by atoms with Gasteiger partial charge >= 0.3 is 0 Å². The summed E-state index contributed by atoms with van der Waals surface area (Å²) in [7, 11) is -3.37. The smallest absolute Gasteiger partial charge is 0.238 e. The molecule has 1 saturated carbocycles. The summed E-state index contributed by atoms with van der Waals surface area (Å²) in [5.41, 5.74) is 1.13. The summed E-state index contributed by atoms with van der Waals surface area (Å²) in [4.78, 5) is 15.4. The zero-order valence-corrected chi connectivity index (χ0v) is 15.8. The van der Waals surface area contributed by atoms with E-state index in [9.17, 15) is 13.2 Å². The van der Waals surface area contributed by atoms with Crippen molar-refractivity contribution in [1.82, 2.24) is 4.90 Å². The SMILES string of the molecule is O=C(CS(=O)(=O)CCCc1ccccc1)N(Cc1cccs1)C1CC1. The van der Waals surface area contributed by atoms with Crippen LogP contribution >= 0.6 is 11.3 Å². The van der Waals surface area contributed by atoms with Gasteiger partial charge in [-0.3, -0.25) is 4.79 Å². The first-order chi connectivity index (χ1) is 12.0. The second-order valence-electron chi connectivity index (χ2n) is 6.51. The van der Waals surface area contributed by atoms with Crippen LogP contribution in [-0.4, -0.2) is 36.8 Å². The molecule has 0 saturated heterocycles. The molecule has 0 atom stereocenters. The summed E-state index contributed by atoms with van der Waals surface area (Å²) in [5, 5.41) is 1.98. The summed E-state index contributed by atoms with van der Waals surface area (Å²) >= 11 is 1.60. The van der Waals surface area contributed by atoms with Crippen LogP contribution in [0.3, 0.4) is 0 Å². The van der Waals surface area contributed by atoms with Gasteiger partial charge in [0.25, 0.3) is 0 Å². The van der Waals surface area contributed by atoms with Crippen molar-refractivity contribution < 1.29 is 13.2 Å². The molecule has 0 aliphatic heterocycles. The minimum Gasteiger partial charge on any atom is -0.334 e. The molecule has 0 spiro atoms. The average Bonchev–Trinajstić information content (AvgIpc) is 3.28. The normalized spacial score (nSPS) is 14.4. The molecule has 1 fully saturated rings. The molecule has 4 nitrogen and oxygen atoms in total. The molecule has 1 aliphatic carbocycles. The van der Waals surface area contributed by atoms with Crippen LogP contribution < -0.4 is 0 Å². The highest BCUT2D eigenvalue weighted by Gasteiger charge is 2.34. The molecule has 0 radical (unpaired) electrons. The molecule has 0 bridgehead atoms. The van der Waals surface area contributed by atoms with Crippen LogP contribution in [-0.2, 0) is 27.6 Å². The maximum absolute atomic E-state index is 12.6. The molecule has 2 aromatic rings. The summed E-state index contributed by atoms with van der Waals surface area (Å²) < 4.78 is 24.7. The molecule has 134 valence electrons. The zero-order chi connectivity index (χ0) is 17.7. The Balaban J connectivity index is 1.52. The molecular formula is C19H23NO3S2. The first-order valence-electron chi connectivity index (χ1n) is 8.60. The van der Waals surface area contributed by atoms with Crippen LogP contribution in [0.25, 0.3) is 0 Å². The van der Waals surface area contributed by atoms with E-state index in [0.717, 1.165) is 29.7 Å². The van der Waals surface area contributed by atoms with Crippen molar-refractivity contribution in [1.29, 1.82) is 0 Å². The molecule has 1 aromatic carbocycles. The largest absolute Gasteiger partial charge is 0.334 e. The number of nitrogens with zero attached hydrogens (tertiary/aromatic N) is 1. The van der Waals surface area contributed by atoms with Crippen LogP contribution in [0.4, 0.5) is 0 Å². The van der Waals surface area contributed by atoms with Crippen molar-refractivity contribution in [3.05, 3.63) is 58.3 Å². The summed E-state index contributed by atoms with van der Waals surface area (Å²) in [5.74, 6) is -0.565. The quantitative estimate of drug-likeness (QED) is 0.674. The van der Waals surface area contributed by atoms with Gasteiger partial charge in [-0.25, -0.2) is 8.42 Å².